The van der Waals surface area contributed by atoms with Crippen LogP contribution in [0.1, 0.15) is 12.8 Å². The molecule has 0 radical (unpaired) electrons. The lowest BCUT2D eigenvalue weighted by Gasteiger charge is -2.06. The van der Waals surface area contributed by atoms with Crippen LogP contribution in [0.25, 0.3) is 0 Å². The van der Waals surface area contributed by atoms with Gasteiger partial charge in [0.1, 0.15) is 6.61 Å². The molecular formula is C6H9ClO3. The van der Waals surface area contributed by atoms with E-state index in [1.807, 2.05) is 0 Å². The molecule has 0 aromatic rings. The first-order chi connectivity index (χ1) is 4.79. The fraction of sp³-hybridized carbons (Fsp3) is 0.833. The molecular weight excluding hydrogens is 156 g/mol. The maximum atomic E-state index is 10.1. The molecule has 0 spiro atoms. The van der Waals surface area contributed by atoms with Crippen LogP contribution in [0.5, 0.6) is 0 Å². The van der Waals surface area contributed by atoms with Gasteiger partial charge in [0.25, 0.3) is 0 Å². The fourth-order valence-corrected chi connectivity index (χ4v) is 0.997. The summed E-state index contributed by atoms with van der Waals surface area (Å²) in [6.45, 7) is 1.06. The van der Waals surface area contributed by atoms with Gasteiger partial charge in [0.15, 0.2) is 0 Å². The molecule has 0 aromatic heterocycles. The fourth-order valence-electron chi connectivity index (χ4n) is 0.934. The topological polar surface area (TPSA) is 35.5 Å². The van der Waals surface area contributed by atoms with E-state index in [1.165, 1.54) is 0 Å². The van der Waals surface area contributed by atoms with Crippen molar-refractivity contribution in [2.24, 2.45) is 0 Å². The number of ether oxygens (including phenoxy) is 2. The molecule has 10 heavy (non-hydrogen) atoms. The quantitative estimate of drug-likeness (QED) is 0.581. The molecule has 0 aliphatic carbocycles. The first-order valence-corrected chi connectivity index (χ1v) is 3.60. The van der Waals surface area contributed by atoms with E-state index in [1.54, 1.807) is 0 Å². The number of carbonyl (C=O) groups is 1. The van der Waals surface area contributed by atoms with Gasteiger partial charge < -0.3 is 9.47 Å². The van der Waals surface area contributed by atoms with Crippen LogP contribution in [-0.2, 0) is 9.47 Å². The van der Waals surface area contributed by atoms with Crippen molar-refractivity contribution in [2.45, 2.75) is 18.9 Å². The zero-order valence-electron chi connectivity index (χ0n) is 5.51. The Morgan fingerprint density at radius 2 is 2.60 bits per heavy atom. The average Bonchev–Trinajstić information content (AvgIpc) is 2.34. The van der Waals surface area contributed by atoms with E-state index in [4.69, 9.17) is 16.3 Å². The summed E-state index contributed by atoms with van der Waals surface area (Å²) in [6.07, 6.45) is 2.08. The Kier molecular flexibility index (Phi) is 2.96. The van der Waals surface area contributed by atoms with Crippen LogP contribution in [0.2, 0.25) is 0 Å². The highest BCUT2D eigenvalue weighted by atomic mass is 35.5. The van der Waals surface area contributed by atoms with E-state index in [-0.39, 0.29) is 6.10 Å². The van der Waals surface area contributed by atoms with Crippen molar-refractivity contribution in [2.75, 3.05) is 13.2 Å². The predicted molar refractivity (Wildman–Crippen MR) is 36.2 cm³/mol. The number of hydrogen-bond acceptors (Lipinski definition) is 3. The summed E-state index contributed by atoms with van der Waals surface area (Å²) in [6, 6.07) is 0. The van der Waals surface area contributed by atoms with E-state index >= 15 is 0 Å². The maximum absolute atomic E-state index is 10.1. The highest BCUT2D eigenvalue weighted by Gasteiger charge is 2.16. The second kappa shape index (κ2) is 3.78. The molecule has 0 saturated carbocycles. The van der Waals surface area contributed by atoms with Gasteiger partial charge in [0.2, 0.25) is 0 Å². The first-order valence-electron chi connectivity index (χ1n) is 3.23. The van der Waals surface area contributed by atoms with E-state index in [0.717, 1.165) is 19.4 Å². The van der Waals surface area contributed by atoms with Crippen molar-refractivity contribution in [3.63, 3.8) is 0 Å². The Morgan fingerprint density at radius 3 is 3.10 bits per heavy atom. The molecule has 1 saturated heterocycles. The third-order valence-electron chi connectivity index (χ3n) is 1.41. The Morgan fingerprint density at radius 1 is 1.80 bits per heavy atom. The van der Waals surface area contributed by atoms with Crippen LogP contribution in [0.15, 0.2) is 0 Å². The minimum Gasteiger partial charge on any atom is -0.451 e. The summed E-state index contributed by atoms with van der Waals surface area (Å²) in [4.78, 5) is 10.1. The smallest absolute Gasteiger partial charge is 0.403 e. The van der Waals surface area contributed by atoms with Gasteiger partial charge in [-0.1, -0.05) is 0 Å². The van der Waals surface area contributed by atoms with Gasteiger partial charge in [-0.25, -0.2) is 4.79 Å². The van der Waals surface area contributed by atoms with Crippen molar-refractivity contribution in [3.05, 3.63) is 0 Å². The third-order valence-corrected chi connectivity index (χ3v) is 1.52. The summed E-state index contributed by atoms with van der Waals surface area (Å²) >= 11 is 4.94. The molecule has 0 bridgehead atoms. The van der Waals surface area contributed by atoms with Gasteiger partial charge in [-0.2, -0.15) is 0 Å². The van der Waals surface area contributed by atoms with E-state index in [9.17, 15) is 4.79 Å². The summed E-state index contributed by atoms with van der Waals surface area (Å²) in [5, 5.41) is 0. The number of rotatable bonds is 2. The van der Waals surface area contributed by atoms with Crippen LogP contribution >= 0.6 is 11.6 Å². The van der Waals surface area contributed by atoms with Gasteiger partial charge in [-0.3, -0.25) is 0 Å². The predicted octanol–water partition coefficient (Wildman–Crippen LogP) is 1.54. The SMILES string of the molecule is O=C(Cl)OC[C@@H]1CCCO1. The Hall–Kier alpha value is -0.280. The highest BCUT2D eigenvalue weighted by molar-refractivity contribution is 6.61. The Balaban J connectivity index is 2.07. The van der Waals surface area contributed by atoms with Gasteiger partial charge in [0, 0.05) is 18.2 Å². The first kappa shape index (κ1) is 7.82. The second-order valence-corrected chi connectivity index (χ2v) is 2.49. The molecule has 1 atom stereocenters. The maximum Gasteiger partial charge on any atom is 0.403 e. The molecule has 4 heteroatoms. The van der Waals surface area contributed by atoms with Crippen LogP contribution in [0.4, 0.5) is 4.79 Å². The van der Waals surface area contributed by atoms with Gasteiger partial charge in [0.05, 0.1) is 6.10 Å². The minimum absolute atomic E-state index is 0.0719. The van der Waals surface area contributed by atoms with Crippen LogP contribution < -0.4 is 0 Å². The van der Waals surface area contributed by atoms with E-state index in [0.29, 0.717) is 6.61 Å². The van der Waals surface area contributed by atoms with Crippen molar-refractivity contribution in [3.8, 4) is 0 Å². The summed E-state index contributed by atoms with van der Waals surface area (Å²) in [7, 11) is 0. The number of hydrogen-bond donors (Lipinski definition) is 0. The lowest BCUT2D eigenvalue weighted by Crippen LogP contribution is -2.14. The molecule has 1 aliphatic rings. The molecule has 3 nitrogen and oxygen atoms in total. The van der Waals surface area contributed by atoms with E-state index in [2.05, 4.69) is 4.74 Å². The molecule has 0 aromatic carbocycles. The summed E-state index contributed by atoms with van der Waals surface area (Å²) in [5.41, 5.74) is -0.754. The minimum atomic E-state index is -0.754. The van der Waals surface area contributed by atoms with Crippen molar-refractivity contribution in [1.82, 2.24) is 0 Å². The molecule has 0 amide bonds. The second-order valence-electron chi connectivity index (χ2n) is 2.18. The zero-order chi connectivity index (χ0) is 7.40. The number of halogens is 1. The molecule has 0 N–H and O–H groups in total. The third kappa shape index (κ3) is 2.54. The molecule has 1 aliphatic heterocycles. The molecule has 1 fully saturated rings. The number of carbonyl (C=O) groups excluding carboxylic acids is 1. The average molecular weight is 165 g/mol. The van der Waals surface area contributed by atoms with Crippen molar-refractivity contribution in [1.29, 1.82) is 0 Å². The molecule has 0 unspecified atom stereocenters. The highest BCUT2D eigenvalue weighted by Crippen LogP contribution is 2.12. The molecule has 58 valence electrons. The van der Waals surface area contributed by atoms with E-state index < -0.39 is 5.43 Å². The lowest BCUT2D eigenvalue weighted by atomic mass is 10.2. The van der Waals surface area contributed by atoms with Crippen LogP contribution in [0.3, 0.4) is 0 Å². The molecule has 1 heterocycles. The van der Waals surface area contributed by atoms with Gasteiger partial charge in [-0.05, 0) is 12.8 Å². The van der Waals surface area contributed by atoms with Crippen LogP contribution in [-0.4, -0.2) is 24.7 Å². The van der Waals surface area contributed by atoms with Crippen molar-refractivity contribution >= 4 is 17.0 Å². The van der Waals surface area contributed by atoms with Gasteiger partial charge in [-0.15, -0.1) is 0 Å². The Bertz CT molecular complexity index is 120. The lowest BCUT2D eigenvalue weighted by molar-refractivity contribution is 0.0519. The monoisotopic (exact) mass is 164 g/mol. The standard InChI is InChI=1S/C6H9ClO3/c7-6(8)10-4-5-2-1-3-9-5/h5H,1-4H2/t5-/m0/s1. The van der Waals surface area contributed by atoms with Crippen molar-refractivity contribution < 1.29 is 14.3 Å². The normalized spacial score (nSPS) is 24.7. The zero-order valence-corrected chi connectivity index (χ0v) is 6.26. The van der Waals surface area contributed by atoms with Crippen LogP contribution in [0, 0.1) is 0 Å². The Labute approximate surface area is 64.3 Å². The summed E-state index contributed by atoms with van der Waals surface area (Å²) < 4.78 is 9.69. The summed E-state index contributed by atoms with van der Waals surface area (Å²) in [5.74, 6) is 0. The molecule has 1 rings (SSSR count). The van der Waals surface area contributed by atoms with Gasteiger partial charge >= 0.3 is 5.43 Å². The largest absolute Gasteiger partial charge is 0.451 e.